The van der Waals surface area contributed by atoms with Crippen LogP contribution in [0.25, 0.3) is 0 Å². The molecule has 2 rings (SSSR count). The first kappa shape index (κ1) is 25.2. The van der Waals surface area contributed by atoms with Crippen LogP contribution < -0.4 is 5.32 Å². The molecule has 31 heavy (non-hydrogen) atoms. The SMILES string of the molecule is CCCCNC(=O)[C@@H](CC)N(Cc1c(Cl)cccc1Cl)C(=O)Cc1cc(C)cc(C)c1. The summed E-state index contributed by atoms with van der Waals surface area (Å²) in [4.78, 5) is 28.0. The number of unbranched alkanes of at least 4 members (excludes halogenated alkanes) is 1. The smallest absolute Gasteiger partial charge is 0.242 e. The normalized spacial score (nSPS) is 11.8. The molecule has 0 saturated carbocycles. The molecular weight excluding hydrogens is 431 g/mol. The number of nitrogens with one attached hydrogen (secondary N) is 1. The van der Waals surface area contributed by atoms with Crippen molar-refractivity contribution in [2.75, 3.05) is 6.54 Å². The maximum Gasteiger partial charge on any atom is 0.242 e. The van der Waals surface area contributed by atoms with Crippen LogP contribution in [0, 0.1) is 13.8 Å². The van der Waals surface area contributed by atoms with Gasteiger partial charge in [0.2, 0.25) is 11.8 Å². The van der Waals surface area contributed by atoms with Crippen LogP contribution in [0.4, 0.5) is 0 Å². The van der Waals surface area contributed by atoms with Crippen molar-refractivity contribution in [3.05, 3.63) is 68.7 Å². The lowest BCUT2D eigenvalue weighted by atomic mass is 10.0. The number of nitrogens with zero attached hydrogens (tertiary/aromatic N) is 1. The average molecular weight is 463 g/mol. The monoisotopic (exact) mass is 462 g/mol. The zero-order chi connectivity index (χ0) is 23.0. The molecule has 0 aromatic heterocycles. The maximum atomic E-state index is 13.5. The van der Waals surface area contributed by atoms with E-state index in [0.717, 1.165) is 29.5 Å². The quantitative estimate of drug-likeness (QED) is 0.448. The molecule has 4 nitrogen and oxygen atoms in total. The minimum Gasteiger partial charge on any atom is -0.354 e. The Morgan fingerprint density at radius 3 is 2.19 bits per heavy atom. The van der Waals surface area contributed by atoms with E-state index in [2.05, 4.69) is 18.3 Å². The second-order valence-electron chi connectivity index (χ2n) is 7.96. The molecule has 1 N–H and O–H groups in total. The Morgan fingerprint density at radius 1 is 1.03 bits per heavy atom. The lowest BCUT2D eigenvalue weighted by molar-refractivity contribution is -0.140. The van der Waals surface area contributed by atoms with E-state index < -0.39 is 6.04 Å². The van der Waals surface area contributed by atoms with Crippen LogP contribution in [0.5, 0.6) is 0 Å². The second kappa shape index (κ2) is 12.1. The molecule has 2 amide bonds. The van der Waals surface area contributed by atoms with Crippen LogP contribution in [0.3, 0.4) is 0 Å². The largest absolute Gasteiger partial charge is 0.354 e. The van der Waals surface area contributed by atoms with Crippen molar-refractivity contribution in [3.63, 3.8) is 0 Å². The molecule has 2 aromatic rings. The first-order valence-corrected chi connectivity index (χ1v) is 11.6. The molecule has 0 spiro atoms. The predicted molar refractivity (Wildman–Crippen MR) is 129 cm³/mol. The summed E-state index contributed by atoms with van der Waals surface area (Å²) < 4.78 is 0. The van der Waals surface area contributed by atoms with Crippen molar-refractivity contribution < 1.29 is 9.59 Å². The van der Waals surface area contributed by atoms with Crippen LogP contribution in [0.15, 0.2) is 36.4 Å². The molecule has 168 valence electrons. The van der Waals surface area contributed by atoms with Gasteiger partial charge >= 0.3 is 0 Å². The third kappa shape index (κ3) is 7.26. The fourth-order valence-corrected chi connectivity index (χ4v) is 4.24. The molecule has 0 saturated heterocycles. The molecule has 0 heterocycles. The molecule has 0 unspecified atom stereocenters. The van der Waals surface area contributed by atoms with Gasteiger partial charge in [0.1, 0.15) is 6.04 Å². The van der Waals surface area contributed by atoms with Gasteiger partial charge in [0.25, 0.3) is 0 Å². The van der Waals surface area contributed by atoms with Gasteiger partial charge in [-0.2, -0.15) is 0 Å². The highest BCUT2D eigenvalue weighted by molar-refractivity contribution is 6.36. The van der Waals surface area contributed by atoms with E-state index in [1.165, 1.54) is 0 Å². The zero-order valence-electron chi connectivity index (χ0n) is 18.8. The fraction of sp³-hybridized carbons (Fsp3) is 0.440. The van der Waals surface area contributed by atoms with E-state index in [-0.39, 0.29) is 24.8 Å². The Morgan fingerprint density at radius 2 is 1.65 bits per heavy atom. The Kier molecular flexibility index (Phi) is 9.86. The van der Waals surface area contributed by atoms with Crippen molar-refractivity contribution >= 4 is 35.0 Å². The molecule has 0 bridgehead atoms. The van der Waals surface area contributed by atoms with Crippen molar-refractivity contribution in [2.45, 2.75) is 66.0 Å². The molecule has 0 fully saturated rings. The number of carbonyl (C=O) groups is 2. The molecule has 0 aliphatic rings. The number of hydrogen-bond donors (Lipinski definition) is 1. The third-order valence-corrected chi connectivity index (χ3v) is 5.95. The number of rotatable bonds is 10. The van der Waals surface area contributed by atoms with Crippen LogP contribution in [0.1, 0.15) is 55.4 Å². The first-order chi connectivity index (χ1) is 14.8. The molecule has 0 aliphatic heterocycles. The van der Waals surface area contributed by atoms with Crippen molar-refractivity contribution in [1.82, 2.24) is 10.2 Å². The average Bonchev–Trinajstić information content (AvgIpc) is 2.69. The van der Waals surface area contributed by atoms with Crippen LogP contribution in [0.2, 0.25) is 10.0 Å². The highest BCUT2D eigenvalue weighted by Gasteiger charge is 2.29. The topological polar surface area (TPSA) is 49.4 Å². The summed E-state index contributed by atoms with van der Waals surface area (Å²) in [6.07, 6.45) is 2.60. The number of benzene rings is 2. The van der Waals surface area contributed by atoms with Gasteiger partial charge in [-0.25, -0.2) is 0 Å². The molecule has 0 radical (unpaired) electrons. The third-order valence-electron chi connectivity index (χ3n) is 5.24. The summed E-state index contributed by atoms with van der Waals surface area (Å²) in [6, 6.07) is 10.8. The molecular formula is C25H32Cl2N2O2. The van der Waals surface area contributed by atoms with Crippen molar-refractivity contribution in [3.8, 4) is 0 Å². The summed E-state index contributed by atoms with van der Waals surface area (Å²) in [6.45, 7) is 8.79. The standard InChI is InChI=1S/C25H32Cl2N2O2/c1-5-7-11-28-25(31)23(6-2)29(16-20-21(26)9-8-10-22(20)27)24(30)15-19-13-17(3)12-18(4)14-19/h8-10,12-14,23H,5-7,11,15-16H2,1-4H3,(H,28,31)/t23-/m1/s1. The van der Waals surface area contributed by atoms with E-state index >= 15 is 0 Å². The Labute approximate surface area is 195 Å². The van der Waals surface area contributed by atoms with Gasteiger partial charge in [0.15, 0.2) is 0 Å². The Bertz CT molecular complexity index is 874. The zero-order valence-corrected chi connectivity index (χ0v) is 20.3. The second-order valence-corrected chi connectivity index (χ2v) is 8.78. The number of hydrogen-bond acceptors (Lipinski definition) is 2. The van der Waals surface area contributed by atoms with E-state index in [9.17, 15) is 9.59 Å². The number of carbonyl (C=O) groups excluding carboxylic acids is 2. The van der Waals surface area contributed by atoms with Crippen molar-refractivity contribution in [1.29, 1.82) is 0 Å². The maximum absolute atomic E-state index is 13.5. The van der Waals surface area contributed by atoms with E-state index in [0.29, 0.717) is 28.6 Å². The summed E-state index contributed by atoms with van der Waals surface area (Å²) in [5.74, 6) is -0.272. The molecule has 2 aromatic carbocycles. The minimum atomic E-state index is -0.595. The summed E-state index contributed by atoms with van der Waals surface area (Å²) in [7, 11) is 0. The highest BCUT2D eigenvalue weighted by Crippen LogP contribution is 2.27. The number of aryl methyl sites for hydroxylation is 2. The Balaban J connectivity index is 2.35. The van der Waals surface area contributed by atoms with Gasteiger partial charge in [-0.1, -0.05) is 78.9 Å². The summed E-state index contributed by atoms with van der Waals surface area (Å²) in [5, 5.41) is 3.94. The van der Waals surface area contributed by atoms with E-state index in [1.807, 2.05) is 32.9 Å². The predicted octanol–water partition coefficient (Wildman–Crippen LogP) is 5.88. The molecule has 0 aliphatic carbocycles. The lowest BCUT2D eigenvalue weighted by Crippen LogP contribution is -2.49. The summed E-state index contributed by atoms with van der Waals surface area (Å²) in [5.41, 5.74) is 3.79. The van der Waals surface area contributed by atoms with Gasteiger partial charge in [-0.15, -0.1) is 0 Å². The number of halogens is 2. The van der Waals surface area contributed by atoms with E-state index in [1.54, 1.807) is 23.1 Å². The van der Waals surface area contributed by atoms with Gasteiger partial charge in [-0.05, 0) is 44.4 Å². The number of amides is 2. The van der Waals surface area contributed by atoms with Gasteiger partial charge < -0.3 is 10.2 Å². The van der Waals surface area contributed by atoms with Crippen LogP contribution >= 0.6 is 23.2 Å². The van der Waals surface area contributed by atoms with Gasteiger partial charge in [-0.3, -0.25) is 9.59 Å². The van der Waals surface area contributed by atoms with Gasteiger partial charge in [0.05, 0.1) is 6.42 Å². The first-order valence-electron chi connectivity index (χ1n) is 10.8. The minimum absolute atomic E-state index is 0.126. The van der Waals surface area contributed by atoms with Crippen LogP contribution in [-0.4, -0.2) is 29.3 Å². The van der Waals surface area contributed by atoms with Gasteiger partial charge in [0, 0.05) is 28.7 Å². The van der Waals surface area contributed by atoms with Crippen LogP contribution in [-0.2, 0) is 22.6 Å². The fourth-order valence-electron chi connectivity index (χ4n) is 3.73. The summed E-state index contributed by atoms with van der Waals surface area (Å²) >= 11 is 12.8. The van der Waals surface area contributed by atoms with E-state index in [4.69, 9.17) is 23.2 Å². The molecule has 6 heteroatoms. The Hall–Kier alpha value is -2.04. The van der Waals surface area contributed by atoms with Crippen molar-refractivity contribution in [2.24, 2.45) is 0 Å². The lowest BCUT2D eigenvalue weighted by Gasteiger charge is -2.31. The molecule has 1 atom stereocenters. The highest BCUT2D eigenvalue weighted by atomic mass is 35.5.